The van der Waals surface area contributed by atoms with Crippen molar-refractivity contribution in [3.05, 3.63) is 269 Å². The average Bonchev–Trinajstić information content (AvgIpc) is 1.66. The van der Waals surface area contributed by atoms with Crippen molar-refractivity contribution in [3.63, 3.8) is 0 Å². The summed E-state index contributed by atoms with van der Waals surface area (Å²) in [5.74, 6) is -9.65. The summed E-state index contributed by atoms with van der Waals surface area (Å²) in [6.07, 6.45) is 10.6. The molecule has 678 valence electrons. The van der Waals surface area contributed by atoms with Crippen LogP contribution in [0.3, 0.4) is 0 Å². The van der Waals surface area contributed by atoms with Gasteiger partial charge in [0.15, 0.2) is 17.3 Å². The maximum Gasteiger partial charge on any atom is 0.301 e. The molecular formula is C100H97ClF7N13O10. The Hall–Kier alpha value is -13.6. The molecule has 0 spiro atoms. The number of aromatic hydroxyl groups is 3. The number of phenols is 3. The van der Waals surface area contributed by atoms with E-state index in [1.54, 1.807) is 65.3 Å². The highest BCUT2D eigenvalue weighted by atomic mass is 35.5. The number of carbonyl (C=O) groups excluding carboxylic acids is 3. The van der Waals surface area contributed by atoms with Crippen LogP contribution in [0, 0.1) is 61.5 Å². The van der Waals surface area contributed by atoms with Crippen LogP contribution in [-0.2, 0) is 27.2 Å². The van der Waals surface area contributed by atoms with Gasteiger partial charge >= 0.3 is 5.56 Å². The molecular weight excluding hydrogens is 1710 g/mol. The smallest absolute Gasteiger partial charge is 0.301 e. The molecule has 18 rings (SSSR count). The van der Waals surface area contributed by atoms with E-state index in [-0.39, 0.29) is 140 Å². The lowest BCUT2D eigenvalue weighted by molar-refractivity contribution is -0.129. The molecule has 7 aromatic heterocycles. The minimum Gasteiger partial charge on any atom is -0.507 e. The number of aryl methyl sites for hydroxylation is 3. The zero-order chi connectivity index (χ0) is 94.0. The Bertz CT molecular complexity index is 6960. The van der Waals surface area contributed by atoms with Gasteiger partial charge in [-0.1, -0.05) is 91.1 Å². The number of hydrogen-bond donors (Lipinski definition) is 3. The number of anilines is 3. The first-order valence-corrected chi connectivity index (χ1v) is 43.8. The molecule has 12 aromatic rings. The second kappa shape index (κ2) is 35.3. The largest absolute Gasteiger partial charge is 0.507 e. The monoisotopic (exact) mass is 1810 g/mol. The number of nitrogens with zero attached hydrogens (tertiary/aromatic N) is 13. The summed E-state index contributed by atoms with van der Waals surface area (Å²) in [5, 5.41) is 32.6. The van der Waals surface area contributed by atoms with Crippen LogP contribution in [0.1, 0.15) is 138 Å². The van der Waals surface area contributed by atoms with Gasteiger partial charge in [0.05, 0.1) is 113 Å². The van der Waals surface area contributed by atoms with Gasteiger partial charge in [-0.2, -0.15) is 0 Å². The van der Waals surface area contributed by atoms with E-state index in [0.29, 0.717) is 137 Å². The first-order valence-electron chi connectivity index (χ1n) is 43.5. The molecule has 0 radical (unpaired) electrons. The number of fused-ring (bicyclic) bond motifs is 15. The van der Waals surface area contributed by atoms with Crippen LogP contribution in [0.2, 0.25) is 5.02 Å². The number of piperazine rings is 3. The molecule has 6 aliphatic heterocycles. The molecule has 31 heteroatoms. The Kier molecular flexibility index (Phi) is 24.5. The quantitative estimate of drug-likeness (QED) is 0.0758. The van der Waals surface area contributed by atoms with Gasteiger partial charge in [-0.3, -0.25) is 57.4 Å². The number of aromatic nitrogens is 7. The van der Waals surface area contributed by atoms with E-state index in [1.165, 1.54) is 62.3 Å². The fourth-order valence-corrected chi connectivity index (χ4v) is 20.1. The average molecular weight is 1810 g/mol. The van der Waals surface area contributed by atoms with E-state index in [0.717, 1.165) is 42.0 Å². The number of benzene rings is 5. The molecule has 3 N–H and O–H groups in total. The normalized spacial score (nSPS) is 18.0. The molecule has 23 nitrogen and oxygen atoms in total. The predicted molar refractivity (Wildman–Crippen MR) is 492 cm³/mol. The van der Waals surface area contributed by atoms with Crippen molar-refractivity contribution in [2.24, 2.45) is 0 Å². The summed E-state index contributed by atoms with van der Waals surface area (Å²) in [7, 11) is 0. The van der Waals surface area contributed by atoms with E-state index < -0.39 is 91.2 Å². The van der Waals surface area contributed by atoms with E-state index in [9.17, 15) is 44.1 Å². The summed E-state index contributed by atoms with van der Waals surface area (Å²) < 4.78 is 122. The van der Waals surface area contributed by atoms with Gasteiger partial charge in [-0.05, 0) is 186 Å². The second-order valence-electron chi connectivity index (χ2n) is 35.2. The molecule has 6 aliphatic rings. The third kappa shape index (κ3) is 15.3. The summed E-state index contributed by atoms with van der Waals surface area (Å²) in [6, 6.07) is 18.4. The highest BCUT2D eigenvalue weighted by molar-refractivity contribution is 6.34. The van der Waals surface area contributed by atoms with Crippen LogP contribution in [0.15, 0.2) is 162 Å². The van der Waals surface area contributed by atoms with Crippen molar-refractivity contribution in [1.29, 1.82) is 0 Å². The number of amides is 3. The van der Waals surface area contributed by atoms with E-state index in [4.69, 9.17) is 21.3 Å². The third-order valence-electron chi connectivity index (χ3n) is 25.9. The molecule has 3 fully saturated rings. The zero-order valence-corrected chi connectivity index (χ0v) is 75.0. The molecule has 5 aromatic carbocycles. The van der Waals surface area contributed by atoms with Crippen LogP contribution in [0.25, 0.3) is 83.4 Å². The van der Waals surface area contributed by atoms with E-state index in [1.807, 2.05) is 85.1 Å². The number of carbonyl (C=O) groups is 3. The summed E-state index contributed by atoms with van der Waals surface area (Å²) in [6.45, 7) is 35.9. The minimum atomic E-state index is -1.18. The Morgan fingerprint density at radius 2 is 0.855 bits per heavy atom. The van der Waals surface area contributed by atoms with Gasteiger partial charge in [0.1, 0.15) is 52.9 Å². The van der Waals surface area contributed by atoms with Crippen molar-refractivity contribution in [2.45, 2.75) is 163 Å². The number of phenolic OH excluding ortho intramolecular Hbond substituents is 3. The lowest BCUT2D eigenvalue weighted by atomic mass is 9.96. The fourth-order valence-electron chi connectivity index (χ4n) is 19.8. The number of pyridine rings is 7. The lowest BCUT2D eigenvalue weighted by Gasteiger charge is -2.48. The molecule has 6 unspecified atom stereocenters. The summed E-state index contributed by atoms with van der Waals surface area (Å²) in [5.41, 5.74) is 2.63. The van der Waals surface area contributed by atoms with Gasteiger partial charge in [0.2, 0.25) is 23.5 Å². The Balaban J connectivity index is 0.000000144. The van der Waals surface area contributed by atoms with Crippen molar-refractivity contribution in [3.8, 4) is 73.6 Å². The van der Waals surface area contributed by atoms with Crippen LogP contribution in [0.5, 0.6) is 23.0 Å². The molecule has 0 aliphatic carbocycles. The first-order chi connectivity index (χ1) is 62.4. The van der Waals surface area contributed by atoms with Gasteiger partial charge in [-0.25, -0.2) is 35.7 Å². The maximum absolute atomic E-state index is 17.2. The van der Waals surface area contributed by atoms with Crippen molar-refractivity contribution >= 4 is 79.2 Å². The Morgan fingerprint density at radius 3 is 1.28 bits per heavy atom. The van der Waals surface area contributed by atoms with Crippen molar-refractivity contribution in [2.75, 3.05) is 60.6 Å². The molecule has 3 amide bonds. The number of ether oxygens (including phenoxy) is 1. The van der Waals surface area contributed by atoms with Crippen LogP contribution < -0.4 is 36.1 Å². The second-order valence-corrected chi connectivity index (χ2v) is 35.6. The van der Waals surface area contributed by atoms with Gasteiger partial charge < -0.3 is 49.5 Å². The van der Waals surface area contributed by atoms with Gasteiger partial charge in [0, 0.05) is 116 Å². The predicted octanol–water partition coefficient (Wildman–Crippen LogP) is 17.7. The van der Waals surface area contributed by atoms with E-state index in [2.05, 4.69) is 39.6 Å². The van der Waals surface area contributed by atoms with Crippen molar-refractivity contribution in [1.82, 2.24) is 48.3 Å². The maximum atomic E-state index is 17.2. The summed E-state index contributed by atoms with van der Waals surface area (Å²) >= 11 is 6.80. The van der Waals surface area contributed by atoms with E-state index >= 15 is 30.7 Å². The Morgan fingerprint density at radius 1 is 0.466 bits per heavy atom. The van der Waals surface area contributed by atoms with Gasteiger partial charge in [-0.15, -0.1) is 0 Å². The van der Waals surface area contributed by atoms with Crippen molar-refractivity contribution < 1.29 is 65.2 Å². The SMILES string of the molecule is C=CC(=O)N1CC2CCCc3c(c4cc(F)c(-c5c(O)cccc5F)c(F)c4n(-c4c(C)ccnc4C(C)C)c3=O)N2CC1C.C=CC(=O)N1CC2COc3c(c4cc(Cl)c(-c5c(O)cccc5F)nc4n(-c4c(C)ccnc4C(C)C)c3=O)N2CC1C.C=CC(=O)N1CC2Cc3c(c4cc(F)c(-c5c(O)cccc5F)c(F)c4n(-c4c(C)ccnc4C(C)C)c3=O)N2CC1C. The molecule has 3 saturated heterocycles. The molecule has 0 bridgehead atoms. The molecule has 13 heterocycles. The lowest BCUT2D eigenvalue weighted by Crippen LogP contribution is -2.62. The zero-order valence-electron chi connectivity index (χ0n) is 74.3. The molecule has 0 saturated carbocycles. The van der Waals surface area contributed by atoms with Crippen LogP contribution in [0.4, 0.5) is 47.8 Å². The Labute approximate surface area is 754 Å². The van der Waals surface area contributed by atoms with Crippen LogP contribution >= 0.6 is 11.6 Å². The van der Waals surface area contributed by atoms with Gasteiger partial charge in [0.25, 0.3) is 11.1 Å². The highest BCUT2D eigenvalue weighted by Gasteiger charge is 2.46. The third-order valence-corrected chi connectivity index (χ3v) is 26.2. The minimum absolute atomic E-state index is 0.00597. The highest BCUT2D eigenvalue weighted by Crippen LogP contribution is 2.50. The number of hydrogen-bond acceptors (Lipinski definition) is 17. The summed E-state index contributed by atoms with van der Waals surface area (Å²) in [4.78, 5) is 111. The molecule has 131 heavy (non-hydrogen) atoms. The molecule has 6 atom stereocenters. The first kappa shape index (κ1) is 90.7. The fraction of sp³-hybridized carbons (Fsp3) is 0.320. The topological polar surface area (TPSA) is 258 Å². The number of rotatable bonds is 12. The van der Waals surface area contributed by atoms with Crippen LogP contribution in [-0.4, -0.2) is 164 Å². The standard InChI is InChI=1S/C35H35F3N4O3.C33H31F3N4O3.C32H31ClFN5O4/c1-6-27(44)40-17-21-9-7-10-22-33(41(21)16-20(40)5)23-15-25(37)29(28-24(36)11-8-12-26(28)43)30(38)34(23)42(35(22)45)32-19(4)13-14-39-31(32)18(2)3;1-6-25(42)38-15-19-12-21-31(39(19)14-18(38)5)20-13-23(35)27(26-22(34)8-7-9-24(26)41)28(36)32(20)40(33(21)43)30-17(4)10-11-37-29(30)16(2)3;1-6-24(41)37-14-19-15-43-30-29(38(19)13-18(37)5)20-12-21(33)27(25-22(34)8-7-9-23(25)40)36-31(20)39(32(30)42)28-17(4)10-11-35-26(28)16(2)3/h6,8,11-15,18,20-21,43H,1,7,9-10,16-17H2,2-5H3;6-11,13,16,18-19,41H,1,12,14-15H2,2-5H3;6-12,16,18-19,40H,1,13-15H2,2-5H3. The number of halogens is 8.